The zero-order valence-corrected chi connectivity index (χ0v) is 13.0. The average molecular weight is 314 g/mol. The third kappa shape index (κ3) is 4.29. The van der Waals surface area contributed by atoms with Crippen molar-refractivity contribution in [2.75, 3.05) is 5.32 Å². The van der Waals surface area contributed by atoms with Crippen LogP contribution in [0.3, 0.4) is 0 Å². The van der Waals surface area contributed by atoms with E-state index in [2.05, 4.69) is 5.32 Å². The molecule has 0 spiro atoms. The quantitative estimate of drug-likeness (QED) is 0.651. The maximum Gasteiger partial charge on any atom is 0.293 e. The third-order valence-electron chi connectivity index (χ3n) is 3.29. The van der Waals surface area contributed by atoms with E-state index in [0.29, 0.717) is 12.2 Å². The summed E-state index contributed by atoms with van der Waals surface area (Å²) in [5.74, 6) is 0.163. The Morgan fingerprint density at radius 2 is 1.96 bits per heavy atom. The SMILES string of the molecule is CC[C@@H](Oc1ccccc1)C(=O)Nc1ccc(C)cc1[N+](=O)[O-]. The van der Waals surface area contributed by atoms with Crippen molar-refractivity contribution in [2.45, 2.75) is 26.4 Å². The number of rotatable bonds is 6. The lowest BCUT2D eigenvalue weighted by atomic mass is 10.2. The molecule has 0 saturated carbocycles. The summed E-state index contributed by atoms with van der Waals surface area (Å²) in [5, 5.41) is 13.7. The Labute approximate surface area is 134 Å². The molecule has 0 heterocycles. The van der Waals surface area contributed by atoms with Crippen LogP contribution in [0.15, 0.2) is 48.5 Å². The van der Waals surface area contributed by atoms with Gasteiger partial charge in [-0.3, -0.25) is 14.9 Å². The first-order valence-electron chi connectivity index (χ1n) is 7.29. The van der Waals surface area contributed by atoms with Crippen molar-refractivity contribution in [3.8, 4) is 5.75 Å². The maximum atomic E-state index is 12.3. The summed E-state index contributed by atoms with van der Waals surface area (Å²) in [4.78, 5) is 22.9. The van der Waals surface area contributed by atoms with E-state index in [1.165, 1.54) is 12.1 Å². The Morgan fingerprint density at radius 1 is 1.26 bits per heavy atom. The summed E-state index contributed by atoms with van der Waals surface area (Å²) in [6.07, 6.45) is -0.279. The Kier molecular flexibility index (Phi) is 5.30. The zero-order valence-electron chi connectivity index (χ0n) is 13.0. The van der Waals surface area contributed by atoms with E-state index in [4.69, 9.17) is 4.74 Å². The van der Waals surface area contributed by atoms with Gasteiger partial charge in [-0.05, 0) is 37.1 Å². The van der Waals surface area contributed by atoms with Gasteiger partial charge in [-0.2, -0.15) is 0 Å². The van der Waals surface area contributed by atoms with Crippen LogP contribution in [-0.2, 0) is 4.79 Å². The van der Waals surface area contributed by atoms with Crippen LogP contribution in [0.25, 0.3) is 0 Å². The van der Waals surface area contributed by atoms with E-state index in [-0.39, 0.29) is 11.4 Å². The van der Waals surface area contributed by atoms with Crippen LogP contribution in [0.4, 0.5) is 11.4 Å². The lowest BCUT2D eigenvalue weighted by Gasteiger charge is -2.17. The van der Waals surface area contributed by atoms with E-state index >= 15 is 0 Å². The van der Waals surface area contributed by atoms with Gasteiger partial charge in [-0.25, -0.2) is 0 Å². The molecule has 1 N–H and O–H groups in total. The molecule has 6 nitrogen and oxygen atoms in total. The molecule has 0 unspecified atom stereocenters. The van der Waals surface area contributed by atoms with Gasteiger partial charge in [0, 0.05) is 6.07 Å². The molecule has 0 bridgehead atoms. The van der Waals surface area contributed by atoms with Crippen molar-refractivity contribution < 1.29 is 14.5 Å². The first-order valence-corrected chi connectivity index (χ1v) is 7.29. The molecule has 0 fully saturated rings. The van der Waals surface area contributed by atoms with Crippen molar-refractivity contribution in [1.82, 2.24) is 0 Å². The van der Waals surface area contributed by atoms with Crippen LogP contribution < -0.4 is 10.1 Å². The predicted octanol–water partition coefficient (Wildman–Crippen LogP) is 3.70. The molecule has 1 amide bonds. The molecule has 0 aliphatic carbocycles. The fourth-order valence-corrected chi connectivity index (χ4v) is 2.10. The molecule has 120 valence electrons. The average Bonchev–Trinajstić information content (AvgIpc) is 2.55. The van der Waals surface area contributed by atoms with Crippen LogP contribution in [-0.4, -0.2) is 16.9 Å². The monoisotopic (exact) mass is 314 g/mol. The van der Waals surface area contributed by atoms with Gasteiger partial charge in [0.15, 0.2) is 6.10 Å². The second-order valence-corrected chi connectivity index (χ2v) is 5.09. The summed E-state index contributed by atoms with van der Waals surface area (Å²) in [5.41, 5.74) is 0.788. The number of ether oxygens (including phenoxy) is 1. The molecular formula is C17H18N2O4. The number of para-hydroxylation sites is 1. The minimum absolute atomic E-state index is 0.132. The number of aryl methyl sites for hydroxylation is 1. The van der Waals surface area contributed by atoms with Gasteiger partial charge in [-0.1, -0.05) is 31.2 Å². The molecule has 0 aliphatic rings. The number of nitrogens with one attached hydrogen (secondary N) is 1. The topological polar surface area (TPSA) is 81.5 Å². The Bertz CT molecular complexity index is 701. The Hall–Kier alpha value is -2.89. The number of nitrogens with zero attached hydrogens (tertiary/aromatic N) is 1. The highest BCUT2D eigenvalue weighted by molar-refractivity contribution is 5.96. The molecule has 2 rings (SSSR count). The van der Waals surface area contributed by atoms with Crippen LogP contribution in [0, 0.1) is 17.0 Å². The Morgan fingerprint density at radius 3 is 2.57 bits per heavy atom. The normalized spacial score (nSPS) is 11.6. The van der Waals surface area contributed by atoms with Gasteiger partial charge in [0.2, 0.25) is 0 Å². The number of hydrogen-bond donors (Lipinski definition) is 1. The number of amides is 1. The van der Waals surface area contributed by atoms with E-state index in [1.54, 1.807) is 25.1 Å². The van der Waals surface area contributed by atoms with Crippen LogP contribution in [0.2, 0.25) is 0 Å². The van der Waals surface area contributed by atoms with E-state index in [9.17, 15) is 14.9 Å². The lowest BCUT2D eigenvalue weighted by Crippen LogP contribution is -2.32. The largest absolute Gasteiger partial charge is 0.481 e. The highest BCUT2D eigenvalue weighted by atomic mass is 16.6. The molecule has 0 radical (unpaired) electrons. The van der Waals surface area contributed by atoms with Gasteiger partial charge in [0.1, 0.15) is 11.4 Å². The number of carbonyl (C=O) groups is 1. The molecule has 0 saturated heterocycles. The summed E-state index contributed by atoms with van der Waals surface area (Å²) in [6.45, 7) is 3.57. The fraction of sp³-hybridized carbons (Fsp3) is 0.235. The molecule has 1 atom stereocenters. The van der Waals surface area contributed by atoms with Crippen molar-refractivity contribution in [1.29, 1.82) is 0 Å². The molecule has 2 aromatic rings. The van der Waals surface area contributed by atoms with Gasteiger partial charge < -0.3 is 10.1 Å². The van der Waals surface area contributed by atoms with Crippen LogP contribution in [0.1, 0.15) is 18.9 Å². The van der Waals surface area contributed by atoms with Crippen molar-refractivity contribution >= 4 is 17.3 Å². The van der Waals surface area contributed by atoms with Gasteiger partial charge in [0.05, 0.1) is 4.92 Å². The molecule has 23 heavy (non-hydrogen) atoms. The van der Waals surface area contributed by atoms with Crippen LogP contribution >= 0.6 is 0 Å². The molecule has 2 aromatic carbocycles. The number of hydrogen-bond acceptors (Lipinski definition) is 4. The third-order valence-corrected chi connectivity index (χ3v) is 3.29. The van der Waals surface area contributed by atoms with Crippen LogP contribution in [0.5, 0.6) is 5.75 Å². The predicted molar refractivity (Wildman–Crippen MR) is 87.6 cm³/mol. The molecule has 6 heteroatoms. The first-order chi connectivity index (χ1) is 11.0. The number of nitro groups is 1. The smallest absolute Gasteiger partial charge is 0.293 e. The number of carbonyl (C=O) groups excluding carboxylic acids is 1. The van der Waals surface area contributed by atoms with Gasteiger partial charge in [-0.15, -0.1) is 0 Å². The molecule has 0 aliphatic heterocycles. The van der Waals surface area contributed by atoms with E-state index in [0.717, 1.165) is 5.56 Å². The second kappa shape index (κ2) is 7.40. The standard InChI is InChI=1S/C17H18N2O4/c1-3-16(23-13-7-5-4-6-8-13)17(20)18-14-10-9-12(2)11-15(14)19(21)22/h4-11,16H,3H2,1-2H3,(H,18,20)/t16-/m1/s1. The van der Waals surface area contributed by atoms with E-state index in [1.807, 2.05) is 25.1 Å². The number of anilines is 1. The van der Waals surface area contributed by atoms with Crippen molar-refractivity contribution in [2.24, 2.45) is 0 Å². The van der Waals surface area contributed by atoms with Gasteiger partial charge in [0.25, 0.3) is 11.6 Å². The Balaban J connectivity index is 2.15. The number of benzene rings is 2. The molecular weight excluding hydrogens is 296 g/mol. The van der Waals surface area contributed by atoms with Gasteiger partial charge >= 0.3 is 0 Å². The zero-order chi connectivity index (χ0) is 16.8. The highest BCUT2D eigenvalue weighted by Gasteiger charge is 2.22. The lowest BCUT2D eigenvalue weighted by molar-refractivity contribution is -0.384. The van der Waals surface area contributed by atoms with Crippen molar-refractivity contribution in [3.05, 3.63) is 64.2 Å². The minimum Gasteiger partial charge on any atom is -0.481 e. The van der Waals surface area contributed by atoms with E-state index < -0.39 is 16.9 Å². The minimum atomic E-state index is -0.724. The fourth-order valence-electron chi connectivity index (χ4n) is 2.10. The first kappa shape index (κ1) is 16.5. The maximum absolute atomic E-state index is 12.3. The summed E-state index contributed by atoms with van der Waals surface area (Å²) in [7, 11) is 0. The number of nitro benzene ring substituents is 1. The highest BCUT2D eigenvalue weighted by Crippen LogP contribution is 2.26. The summed E-state index contributed by atoms with van der Waals surface area (Å²) < 4.78 is 5.64. The molecule has 0 aromatic heterocycles. The summed E-state index contributed by atoms with van der Waals surface area (Å²) in [6, 6.07) is 13.6. The van der Waals surface area contributed by atoms with Crippen molar-refractivity contribution in [3.63, 3.8) is 0 Å². The second-order valence-electron chi connectivity index (χ2n) is 5.09. The summed E-state index contributed by atoms with van der Waals surface area (Å²) >= 11 is 0.